The average Bonchev–Trinajstić information content (AvgIpc) is 3.23. The van der Waals surface area contributed by atoms with Crippen LogP contribution in [0.1, 0.15) is 5.82 Å². The third-order valence-electron chi connectivity index (χ3n) is 4.54. The molecule has 0 unspecified atom stereocenters. The molecule has 2 aromatic carbocycles. The van der Waals surface area contributed by atoms with E-state index in [-0.39, 0.29) is 17.9 Å². The Morgan fingerprint density at radius 2 is 1.90 bits per heavy atom. The van der Waals surface area contributed by atoms with Gasteiger partial charge >= 0.3 is 0 Å². The van der Waals surface area contributed by atoms with Crippen LogP contribution in [0.25, 0.3) is 16.8 Å². The van der Waals surface area contributed by atoms with Crippen molar-refractivity contribution in [3.05, 3.63) is 70.8 Å². The van der Waals surface area contributed by atoms with Gasteiger partial charge in [-0.1, -0.05) is 30.3 Å². The Morgan fingerprint density at radius 1 is 1.10 bits per heavy atom. The number of benzene rings is 2. The quantitative estimate of drug-likeness (QED) is 0.509. The molecule has 0 atom stereocenters. The van der Waals surface area contributed by atoms with Gasteiger partial charge in [-0.25, -0.2) is 9.61 Å². The zero-order chi connectivity index (χ0) is 21.1. The Balaban J connectivity index is 1.64. The third kappa shape index (κ3) is 3.72. The molecule has 0 aliphatic rings. The number of amides is 1. The summed E-state index contributed by atoms with van der Waals surface area (Å²) in [5.41, 5.74) is 1.87. The molecule has 9 heteroatoms. The fraction of sp³-hybridized carbons (Fsp3) is 0.143. The van der Waals surface area contributed by atoms with Crippen LogP contribution in [-0.2, 0) is 11.2 Å². The minimum absolute atomic E-state index is 0.108. The van der Waals surface area contributed by atoms with E-state index in [4.69, 9.17) is 9.47 Å². The molecular weight excluding hydrogens is 386 g/mol. The Hall–Kier alpha value is -4.14. The van der Waals surface area contributed by atoms with Crippen LogP contribution < -0.4 is 20.3 Å². The van der Waals surface area contributed by atoms with Crippen molar-refractivity contribution in [3.63, 3.8) is 0 Å². The van der Waals surface area contributed by atoms with Gasteiger partial charge in [-0.2, -0.15) is 10.2 Å². The number of carbonyl (C=O) groups excluding carboxylic acids is 1. The number of methoxy groups -OCH3 is 2. The summed E-state index contributed by atoms with van der Waals surface area (Å²) in [6.45, 7) is 0. The van der Waals surface area contributed by atoms with Crippen molar-refractivity contribution >= 4 is 17.1 Å². The largest absolute Gasteiger partial charge is 0.497 e. The van der Waals surface area contributed by atoms with Crippen molar-refractivity contribution < 1.29 is 14.3 Å². The van der Waals surface area contributed by atoms with Gasteiger partial charge in [0.15, 0.2) is 5.82 Å². The zero-order valence-electron chi connectivity index (χ0n) is 16.4. The van der Waals surface area contributed by atoms with Crippen molar-refractivity contribution in [1.82, 2.24) is 19.8 Å². The fourth-order valence-corrected chi connectivity index (χ4v) is 3.07. The number of H-pyrrole nitrogens is 1. The Kier molecular flexibility index (Phi) is 5.17. The van der Waals surface area contributed by atoms with Gasteiger partial charge in [0.2, 0.25) is 5.91 Å². The number of aromatic amines is 1. The molecule has 0 spiro atoms. The van der Waals surface area contributed by atoms with Crippen LogP contribution in [-0.4, -0.2) is 39.9 Å². The van der Waals surface area contributed by atoms with Crippen LogP contribution in [0.2, 0.25) is 0 Å². The highest BCUT2D eigenvalue weighted by Crippen LogP contribution is 2.29. The summed E-state index contributed by atoms with van der Waals surface area (Å²) in [6, 6.07) is 16.2. The molecule has 30 heavy (non-hydrogen) atoms. The molecule has 1 amide bonds. The molecule has 0 saturated heterocycles. The predicted octanol–water partition coefficient (Wildman–Crippen LogP) is 2.28. The summed E-state index contributed by atoms with van der Waals surface area (Å²) in [5, 5.41) is 13.7. The predicted molar refractivity (Wildman–Crippen MR) is 111 cm³/mol. The van der Waals surface area contributed by atoms with Gasteiger partial charge in [0.1, 0.15) is 17.0 Å². The van der Waals surface area contributed by atoms with Crippen LogP contribution in [0.3, 0.4) is 0 Å². The van der Waals surface area contributed by atoms with Gasteiger partial charge in [-0.3, -0.25) is 9.59 Å². The molecule has 2 aromatic heterocycles. The van der Waals surface area contributed by atoms with E-state index in [2.05, 4.69) is 20.6 Å². The van der Waals surface area contributed by atoms with Gasteiger partial charge in [0, 0.05) is 11.6 Å². The summed E-state index contributed by atoms with van der Waals surface area (Å²) >= 11 is 0. The highest BCUT2D eigenvalue weighted by molar-refractivity contribution is 5.93. The SMILES string of the molecule is COc1ccc(OC)c(NC(=O)Cc2n[nH]c(=O)c3cc(-c4ccccc4)nn23)c1. The number of hydrogen-bond donors (Lipinski definition) is 2. The number of nitrogens with one attached hydrogen (secondary N) is 2. The molecule has 9 nitrogen and oxygen atoms in total. The van der Waals surface area contributed by atoms with E-state index in [9.17, 15) is 9.59 Å². The fourth-order valence-electron chi connectivity index (χ4n) is 3.07. The Labute approximate surface area is 171 Å². The summed E-state index contributed by atoms with van der Waals surface area (Å²) in [5.74, 6) is 1.02. The smallest absolute Gasteiger partial charge is 0.290 e. The van der Waals surface area contributed by atoms with E-state index in [1.54, 1.807) is 24.3 Å². The first-order chi connectivity index (χ1) is 14.6. The molecule has 4 rings (SSSR count). The summed E-state index contributed by atoms with van der Waals surface area (Å²) < 4.78 is 11.9. The molecule has 0 aliphatic heterocycles. The van der Waals surface area contributed by atoms with E-state index in [1.807, 2.05) is 30.3 Å². The average molecular weight is 405 g/mol. The first kappa shape index (κ1) is 19.2. The minimum atomic E-state index is -0.386. The first-order valence-corrected chi connectivity index (χ1v) is 9.13. The molecule has 0 bridgehead atoms. The lowest BCUT2D eigenvalue weighted by atomic mass is 10.1. The van der Waals surface area contributed by atoms with Gasteiger partial charge in [0.25, 0.3) is 5.56 Å². The Morgan fingerprint density at radius 3 is 2.63 bits per heavy atom. The van der Waals surface area contributed by atoms with Crippen molar-refractivity contribution in [2.24, 2.45) is 0 Å². The molecule has 0 radical (unpaired) electrons. The lowest BCUT2D eigenvalue weighted by Crippen LogP contribution is -2.22. The summed E-state index contributed by atoms with van der Waals surface area (Å²) in [6.07, 6.45) is -0.108. The second-order valence-corrected chi connectivity index (χ2v) is 6.45. The second kappa shape index (κ2) is 8.08. The van der Waals surface area contributed by atoms with E-state index in [0.29, 0.717) is 34.2 Å². The number of aromatic nitrogens is 4. The van der Waals surface area contributed by atoms with Crippen LogP contribution in [0, 0.1) is 0 Å². The van der Waals surface area contributed by atoms with Crippen molar-refractivity contribution in [3.8, 4) is 22.8 Å². The molecular formula is C21H19N5O4. The van der Waals surface area contributed by atoms with Crippen molar-refractivity contribution in [2.75, 3.05) is 19.5 Å². The molecule has 152 valence electrons. The molecule has 0 fully saturated rings. The topological polar surface area (TPSA) is 111 Å². The molecule has 2 heterocycles. The molecule has 4 aromatic rings. The number of hydrogen-bond acceptors (Lipinski definition) is 6. The summed E-state index contributed by atoms with van der Waals surface area (Å²) in [4.78, 5) is 24.9. The number of rotatable bonds is 6. The minimum Gasteiger partial charge on any atom is -0.497 e. The van der Waals surface area contributed by atoms with E-state index >= 15 is 0 Å². The van der Waals surface area contributed by atoms with Crippen molar-refractivity contribution in [2.45, 2.75) is 6.42 Å². The number of carbonyl (C=O) groups is 1. The number of anilines is 1. The zero-order valence-corrected chi connectivity index (χ0v) is 16.4. The highest BCUT2D eigenvalue weighted by Gasteiger charge is 2.16. The number of fused-ring (bicyclic) bond motifs is 1. The standard InChI is InChI=1S/C21H19N5O4/c1-29-14-8-9-18(30-2)16(10-14)22-20(27)12-19-23-24-21(28)17-11-15(25-26(17)19)13-6-4-3-5-7-13/h3-11H,12H2,1-2H3,(H,22,27)(H,24,28). The normalized spacial score (nSPS) is 10.7. The maximum atomic E-state index is 12.7. The third-order valence-corrected chi connectivity index (χ3v) is 4.54. The first-order valence-electron chi connectivity index (χ1n) is 9.13. The number of nitrogens with zero attached hydrogens (tertiary/aromatic N) is 3. The summed E-state index contributed by atoms with van der Waals surface area (Å²) in [7, 11) is 3.05. The monoisotopic (exact) mass is 405 g/mol. The van der Waals surface area contributed by atoms with Gasteiger partial charge in [0.05, 0.1) is 32.0 Å². The Bertz CT molecular complexity index is 1260. The van der Waals surface area contributed by atoms with E-state index < -0.39 is 0 Å². The molecule has 2 N–H and O–H groups in total. The maximum Gasteiger partial charge on any atom is 0.290 e. The van der Waals surface area contributed by atoms with E-state index in [0.717, 1.165) is 5.56 Å². The van der Waals surface area contributed by atoms with Gasteiger partial charge < -0.3 is 14.8 Å². The van der Waals surface area contributed by atoms with Crippen LogP contribution in [0.15, 0.2) is 59.4 Å². The molecule has 0 saturated carbocycles. The maximum absolute atomic E-state index is 12.7. The lowest BCUT2D eigenvalue weighted by molar-refractivity contribution is -0.115. The van der Waals surface area contributed by atoms with E-state index in [1.165, 1.54) is 18.7 Å². The molecule has 0 aliphatic carbocycles. The van der Waals surface area contributed by atoms with Gasteiger partial charge in [-0.05, 0) is 18.2 Å². The lowest BCUT2D eigenvalue weighted by Gasteiger charge is -2.11. The van der Waals surface area contributed by atoms with Crippen LogP contribution in [0.5, 0.6) is 11.5 Å². The van der Waals surface area contributed by atoms with Gasteiger partial charge in [-0.15, -0.1) is 0 Å². The number of ether oxygens (including phenoxy) is 2. The van der Waals surface area contributed by atoms with Crippen molar-refractivity contribution in [1.29, 1.82) is 0 Å². The van der Waals surface area contributed by atoms with Crippen LogP contribution >= 0.6 is 0 Å². The van der Waals surface area contributed by atoms with Crippen LogP contribution in [0.4, 0.5) is 5.69 Å². The second-order valence-electron chi connectivity index (χ2n) is 6.45. The highest BCUT2D eigenvalue weighted by atomic mass is 16.5.